The molecule has 1 aliphatic rings. The molecule has 8 heteroatoms. The van der Waals surface area contributed by atoms with Crippen molar-refractivity contribution in [1.29, 1.82) is 0 Å². The zero-order valence-electron chi connectivity index (χ0n) is 15.8. The third kappa shape index (κ3) is 4.27. The number of carbonyl (C=O) groups is 1. The summed E-state index contributed by atoms with van der Waals surface area (Å²) in [6.45, 7) is 5.79. The SMILES string of the molecule is Cc1cc(CN(C)C(=O)c2ccc(N3CCC[C@@H](C)C3)c([N+](=O)[O-])c2)no1. The first-order valence-electron chi connectivity index (χ1n) is 9.06. The highest BCUT2D eigenvalue weighted by Gasteiger charge is 2.26. The average Bonchev–Trinajstić information content (AvgIpc) is 3.05. The van der Waals surface area contributed by atoms with Crippen LogP contribution in [0.15, 0.2) is 28.8 Å². The molecule has 0 saturated carbocycles. The summed E-state index contributed by atoms with van der Waals surface area (Å²) in [7, 11) is 1.64. The maximum absolute atomic E-state index is 12.7. The van der Waals surface area contributed by atoms with E-state index in [2.05, 4.69) is 12.1 Å². The topological polar surface area (TPSA) is 92.7 Å². The monoisotopic (exact) mass is 372 g/mol. The highest BCUT2D eigenvalue weighted by molar-refractivity contribution is 5.95. The molecule has 3 rings (SSSR count). The Balaban J connectivity index is 1.82. The summed E-state index contributed by atoms with van der Waals surface area (Å²) in [5.74, 6) is 0.871. The Morgan fingerprint density at radius 1 is 1.44 bits per heavy atom. The number of carbonyl (C=O) groups excluding carboxylic acids is 1. The van der Waals surface area contributed by atoms with Gasteiger partial charge in [0.15, 0.2) is 0 Å². The van der Waals surface area contributed by atoms with Gasteiger partial charge < -0.3 is 14.3 Å². The molecule has 0 aliphatic carbocycles. The van der Waals surface area contributed by atoms with Gasteiger partial charge in [0.1, 0.15) is 17.1 Å². The molecule has 1 amide bonds. The lowest BCUT2D eigenvalue weighted by atomic mass is 9.99. The summed E-state index contributed by atoms with van der Waals surface area (Å²) in [6, 6.07) is 6.49. The normalized spacial score (nSPS) is 17.0. The molecule has 0 spiro atoms. The number of benzene rings is 1. The number of piperidine rings is 1. The smallest absolute Gasteiger partial charge is 0.293 e. The fourth-order valence-corrected chi connectivity index (χ4v) is 3.51. The van der Waals surface area contributed by atoms with Gasteiger partial charge in [-0.3, -0.25) is 14.9 Å². The van der Waals surface area contributed by atoms with E-state index < -0.39 is 4.92 Å². The van der Waals surface area contributed by atoms with Crippen molar-refractivity contribution in [2.45, 2.75) is 33.2 Å². The van der Waals surface area contributed by atoms with Crippen molar-refractivity contribution in [2.24, 2.45) is 5.92 Å². The third-order valence-corrected chi connectivity index (χ3v) is 4.84. The molecule has 1 aromatic carbocycles. The summed E-state index contributed by atoms with van der Waals surface area (Å²) >= 11 is 0. The van der Waals surface area contributed by atoms with E-state index in [4.69, 9.17) is 4.52 Å². The lowest BCUT2D eigenvalue weighted by molar-refractivity contribution is -0.384. The summed E-state index contributed by atoms with van der Waals surface area (Å²) < 4.78 is 5.01. The van der Waals surface area contributed by atoms with Crippen LogP contribution in [0.3, 0.4) is 0 Å². The second-order valence-corrected chi connectivity index (χ2v) is 7.24. The molecule has 144 valence electrons. The van der Waals surface area contributed by atoms with Gasteiger partial charge in [0.05, 0.1) is 11.5 Å². The van der Waals surface area contributed by atoms with Gasteiger partial charge in [0.2, 0.25) is 0 Å². The highest BCUT2D eigenvalue weighted by Crippen LogP contribution is 2.32. The van der Waals surface area contributed by atoms with E-state index in [1.54, 1.807) is 32.2 Å². The summed E-state index contributed by atoms with van der Waals surface area (Å²) in [6.07, 6.45) is 2.14. The minimum atomic E-state index is -0.410. The van der Waals surface area contributed by atoms with Crippen LogP contribution < -0.4 is 4.90 Å². The fourth-order valence-electron chi connectivity index (χ4n) is 3.51. The molecule has 0 bridgehead atoms. The molecule has 8 nitrogen and oxygen atoms in total. The highest BCUT2D eigenvalue weighted by atomic mass is 16.6. The van der Waals surface area contributed by atoms with Gasteiger partial charge in [-0.1, -0.05) is 12.1 Å². The number of nitro benzene ring substituents is 1. The van der Waals surface area contributed by atoms with Crippen molar-refractivity contribution < 1.29 is 14.2 Å². The molecule has 0 N–H and O–H groups in total. The Morgan fingerprint density at radius 2 is 2.22 bits per heavy atom. The molecular formula is C19H24N4O4. The Bertz CT molecular complexity index is 848. The molecule has 0 unspecified atom stereocenters. The van der Waals surface area contributed by atoms with Crippen LogP contribution in [0.2, 0.25) is 0 Å². The van der Waals surface area contributed by atoms with Crippen molar-refractivity contribution in [1.82, 2.24) is 10.1 Å². The Kier molecular flexibility index (Phi) is 5.43. The van der Waals surface area contributed by atoms with Crippen LogP contribution in [0.25, 0.3) is 0 Å². The number of hydrogen-bond acceptors (Lipinski definition) is 6. The van der Waals surface area contributed by atoms with Gasteiger partial charge in [-0.2, -0.15) is 0 Å². The molecule has 2 heterocycles. The van der Waals surface area contributed by atoms with E-state index in [0.717, 1.165) is 25.9 Å². The number of nitrogens with zero attached hydrogens (tertiary/aromatic N) is 4. The molecule has 1 aromatic heterocycles. The van der Waals surface area contributed by atoms with Gasteiger partial charge in [-0.15, -0.1) is 0 Å². The number of aromatic nitrogens is 1. The molecule has 1 aliphatic heterocycles. The van der Waals surface area contributed by atoms with E-state index in [-0.39, 0.29) is 18.1 Å². The van der Waals surface area contributed by atoms with E-state index >= 15 is 0 Å². The van der Waals surface area contributed by atoms with Crippen molar-refractivity contribution in [3.8, 4) is 0 Å². The number of rotatable bonds is 5. The van der Waals surface area contributed by atoms with Gasteiger partial charge in [0.25, 0.3) is 11.6 Å². The number of anilines is 1. The summed E-state index contributed by atoms with van der Waals surface area (Å²) in [5, 5.41) is 15.5. The standard InChI is InChI=1S/C19H24N4O4/c1-13-5-4-8-22(11-13)17-7-6-15(10-18(17)23(25)26)19(24)21(3)12-16-9-14(2)27-20-16/h6-7,9-10,13H,4-5,8,11-12H2,1-3H3/t13-/m1/s1. The van der Waals surface area contributed by atoms with Gasteiger partial charge in [0, 0.05) is 37.8 Å². The van der Waals surface area contributed by atoms with Crippen molar-refractivity contribution in [3.63, 3.8) is 0 Å². The molecule has 2 aromatic rings. The lowest BCUT2D eigenvalue weighted by Gasteiger charge is -2.32. The first kappa shape index (κ1) is 18.9. The average molecular weight is 372 g/mol. The predicted molar refractivity (Wildman–Crippen MR) is 101 cm³/mol. The molecule has 1 atom stereocenters. The van der Waals surface area contributed by atoms with E-state index in [9.17, 15) is 14.9 Å². The van der Waals surface area contributed by atoms with Crippen LogP contribution in [0, 0.1) is 23.0 Å². The van der Waals surface area contributed by atoms with Crippen LogP contribution in [0.1, 0.15) is 41.6 Å². The maximum Gasteiger partial charge on any atom is 0.293 e. The Morgan fingerprint density at radius 3 is 2.85 bits per heavy atom. The maximum atomic E-state index is 12.7. The van der Waals surface area contributed by atoms with Crippen LogP contribution in [0.5, 0.6) is 0 Å². The minimum Gasteiger partial charge on any atom is -0.366 e. The van der Waals surface area contributed by atoms with Crippen LogP contribution in [-0.2, 0) is 6.54 Å². The largest absolute Gasteiger partial charge is 0.366 e. The van der Waals surface area contributed by atoms with Crippen molar-refractivity contribution >= 4 is 17.3 Å². The van der Waals surface area contributed by atoms with Crippen LogP contribution >= 0.6 is 0 Å². The quantitative estimate of drug-likeness (QED) is 0.590. The van der Waals surface area contributed by atoms with Gasteiger partial charge in [-0.05, 0) is 37.8 Å². The zero-order valence-corrected chi connectivity index (χ0v) is 15.8. The molecule has 27 heavy (non-hydrogen) atoms. The number of hydrogen-bond donors (Lipinski definition) is 0. The first-order chi connectivity index (χ1) is 12.8. The third-order valence-electron chi connectivity index (χ3n) is 4.84. The van der Waals surface area contributed by atoms with Crippen LogP contribution in [-0.4, -0.2) is 41.0 Å². The van der Waals surface area contributed by atoms with Gasteiger partial charge in [-0.25, -0.2) is 0 Å². The lowest BCUT2D eigenvalue weighted by Crippen LogP contribution is -2.34. The van der Waals surface area contributed by atoms with E-state index in [0.29, 0.717) is 28.6 Å². The molecule has 0 radical (unpaired) electrons. The zero-order chi connectivity index (χ0) is 19.6. The number of aryl methyl sites for hydroxylation is 1. The van der Waals surface area contributed by atoms with Crippen molar-refractivity contribution in [2.75, 3.05) is 25.0 Å². The Labute approximate surface area is 157 Å². The van der Waals surface area contributed by atoms with E-state index in [1.165, 1.54) is 11.0 Å². The fraction of sp³-hybridized carbons (Fsp3) is 0.474. The van der Waals surface area contributed by atoms with Crippen LogP contribution in [0.4, 0.5) is 11.4 Å². The molecular weight excluding hydrogens is 348 g/mol. The van der Waals surface area contributed by atoms with Crippen molar-refractivity contribution in [3.05, 3.63) is 51.4 Å². The molecule has 1 fully saturated rings. The van der Waals surface area contributed by atoms with Gasteiger partial charge >= 0.3 is 0 Å². The molecule has 1 saturated heterocycles. The Hall–Kier alpha value is -2.90. The first-order valence-corrected chi connectivity index (χ1v) is 9.06. The predicted octanol–water partition coefficient (Wildman–Crippen LogP) is 3.40. The second-order valence-electron chi connectivity index (χ2n) is 7.24. The number of amides is 1. The second kappa shape index (κ2) is 7.77. The number of nitro groups is 1. The summed E-state index contributed by atoms with van der Waals surface area (Å²) in [5.41, 5.74) is 1.48. The van der Waals surface area contributed by atoms with E-state index in [1.807, 2.05) is 4.90 Å². The minimum absolute atomic E-state index is 0.0272. The summed E-state index contributed by atoms with van der Waals surface area (Å²) in [4.78, 5) is 27.4.